The van der Waals surface area contributed by atoms with Crippen molar-refractivity contribution in [3.8, 4) is 11.5 Å². The van der Waals surface area contributed by atoms with E-state index in [1.54, 1.807) is 24.3 Å². The van der Waals surface area contributed by atoms with Crippen molar-refractivity contribution in [1.82, 2.24) is 4.98 Å². The van der Waals surface area contributed by atoms with Crippen LogP contribution in [0.15, 0.2) is 62.9 Å². The van der Waals surface area contributed by atoms with Crippen LogP contribution >= 0.6 is 0 Å². The van der Waals surface area contributed by atoms with E-state index in [1.165, 1.54) is 24.3 Å². The summed E-state index contributed by atoms with van der Waals surface area (Å²) in [5.74, 6) is 0.347. The van der Waals surface area contributed by atoms with Crippen LogP contribution in [0.2, 0.25) is 0 Å². The van der Waals surface area contributed by atoms with Crippen LogP contribution in [0.25, 0.3) is 11.5 Å². The van der Waals surface area contributed by atoms with Gasteiger partial charge in [-0.15, -0.1) is 0 Å². The van der Waals surface area contributed by atoms with E-state index in [-0.39, 0.29) is 27.4 Å². The number of nitro groups is 1. The van der Waals surface area contributed by atoms with Gasteiger partial charge in [-0.2, -0.15) is 4.98 Å². The third kappa shape index (κ3) is 3.80. The summed E-state index contributed by atoms with van der Waals surface area (Å²) in [6.07, 6.45) is 2.97. The number of sulfone groups is 1. The molecular formula is C21H21N3O5S. The zero-order valence-corrected chi connectivity index (χ0v) is 17.3. The Morgan fingerprint density at radius 3 is 2.23 bits per heavy atom. The Balaban J connectivity index is 1.81. The van der Waals surface area contributed by atoms with Gasteiger partial charge in [-0.05, 0) is 50.5 Å². The van der Waals surface area contributed by atoms with E-state index in [0.717, 1.165) is 24.8 Å². The summed E-state index contributed by atoms with van der Waals surface area (Å²) >= 11 is 0. The number of aromatic nitrogens is 1. The molecule has 1 aliphatic rings. The topological polar surface area (TPSA) is 107 Å². The minimum atomic E-state index is -3.90. The molecule has 0 aliphatic carbocycles. The number of hydrogen-bond acceptors (Lipinski definition) is 7. The molecule has 30 heavy (non-hydrogen) atoms. The first kappa shape index (κ1) is 20.1. The van der Waals surface area contributed by atoms with Crippen LogP contribution in [0.1, 0.15) is 24.8 Å². The monoisotopic (exact) mass is 427 g/mol. The Bertz CT molecular complexity index is 1160. The molecule has 0 bridgehead atoms. The van der Waals surface area contributed by atoms with Gasteiger partial charge in [-0.3, -0.25) is 10.1 Å². The van der Waals surface area contributed by atoms with Gasteiger partial charge in [0.1, 0.15) is 0 Å². The Morgan fingerprint density at radius 2 is 1.63 bits per heavy atom. The number of rotatable bonds is 5. The van der Waals surface area contributed by atoms with Gasteiger partial charge in [0.2, 0.25) is 26.6 Å². The normalized spacial score (nSPS) is 14.6. The number of aryl methyl sites for hydroxylation is 1. The van der Waals surface area contributed by atoms with Gasteiger partial charge < -0.3 is 9.32 Å². The summed E-state index contributed by atoms with van der Waals surface area (Å²) in [5.41, 5.74) is 1.37. The average molecular weight is 427 g/mol. The molecule has 1 saturated heterocycles. The number of anilines is 1. The number of benzene rings is 2. The lowest BCUT2D eigenvalue weighted by molar-refractivity contribution is -0.384. The van der Waals surface area contributed by atoms with Gasteiger partial charge in [-0.1, -0.05) is 17.7 Å². The van der Waals surface area contributed by atoms with Crippen molar-refractivity contribution in [2.24, 2.45) is 0 Å². The van der Waals surface area contributed by atoms with Crippen molar-refractivity contribution in [2.45, 2.75) is 36.1 Å². The summed E-state index contributed by atoms with van der Waals surface area (Å²) in [6.45, 7) is 3.26. The molecule has 156 valence electrons. The molecule has 0 radical (unpaired) electrons. The van der Waals surface area contributed by atoms with Crippen molar-refractivity contribution < 1.29 is 17.8 Å². The van der Waals surface area contributed by atoms with Gasteiger partial charge >= 0.3 is 0 Å². The van der Waals surface area contributed by atoms with Gasteiger partial charge in [-0.25, -0.2) is 8.42 Å². The SMILES string of the molecule is Cc1ccc(S(=O)(=O)c2nc(-c3ccc([N+](=O)[O-])cc3)oc2N2CCCCC2)cc1. The predicted octanol–water partition coefficient (Wildman–Crippen LogP) is 4.38. The summed E-state index contributed by atoms with van der Waals surface area (Å²) in [7, 11) is -3.90. The van der Waals surface area contributed by atoms with Crippen LogP contribution in [0.3, 0.4) is 0 Å². The fraction of sp³-hybridized carbons (Fsp3) is 0.286. The molecule has 9 heteroatoms. The zero-order chi connectivity index (χ0) is 21.3. The first-order chi connectivity index (χ1) is 14.4. The van der Waals surface area contributed by atoms with Gasteiger partial charge in [0.05, 0.1) is 9.82 Å². The largest absolute Gasteiger partial charge is 0.419 e. The molecular weight excluding hydrogens is 406 g/mol. The number of nitrogens with zero attached hydrogens (tertiary/aromatic N) is 3. The van der Waals surface area contributed by atoms with E-state index in [9.17, 15) is 18.5 Å². The van der Waals surface area contributed by atoms with Crippen LogP contribution in [-0.4, -0.2) is 31.4 Å². The van der Waals surface area contributed by atoms with Crippen LogP contribution in [0.4, 0.5) is 11.6 Å². The predicted molar refractivity (Wildman–Crippen MR) is 111 cm³/mol. The molecule has 0 spiro atoms. The molecule has 1 aromatic heterocycles. The Labute approximate surface area is 174 Å². The van der Waals surface area contributed by atoms with E-state index in [2.05, 4.69) is 4.98 Å². The number of nitro benzene ring substituents is 1. The first-order valence-electron chi connectivity index (χ1n) is 9.68. The summed E-state index contributed by atoms with van der Waals surface area (Å²) in [4.78, 5) is 16.8. The third-order valence-electron chi connectivity index (χ3n) is 5.13. The van der Waals surface area contributed by atoms with E-state index in [0.29, 0.717) is 18.7 Å². The summed E-state index contributed by atoms with van der Waals surface area (Å²) in [5, 5.41) is 10.8. The van der Waals surface area contributed by atoms with Crippen LogP contribution in [0.5, 0.6) is 0 Å². The lowest BCUT2D eigenvalue weighted by atomic mass is 10.1. The van der Waals surface area contributed by atoms with Crippen molar-refractivity contribution in [3.63, 3.8) is 0 Å². The quantitative estimate of drug-likeness (QED) is 0.439. The minimum absolute atomic E-state index is 0.0611. The van der Waals surface area contributed by atoms with E-state index in [1.807, 2.05) is 11.8 Å². The molecule has 1 aliphatic heterocycles. The van der Waals surface area contributed by atoms with Crippen LogP contribution < -0.4 is 4.90 Å². The number of oxazole rings is 1. The third-order valence-corrected chi connectivity index (χ3v) is 6.80. The number of hydrogen-bond donors (Lipinski definition) is 0. The molecule has 0 atom stereocenters. The molecule has 0 saturated carbocycles. The van der Waals surface area contributed by atoms with Crippen molar-refractivity contribution in [1.29, 1.82) is 0 Å². The number of non-ortho nitro benzene ring substituents is 1. The minimum Gasteiger partial charge on any atom is -0.419 e. The van der Waals surface area contributed by atoms with Crippen LogP contribution in [-0.2, 0) is 9.84 Å². The maximum absolute atomic E-state index is 13.4. The summed E-state index contributed by atoms with van der Waals surface area (Å²) < 4.78 is 32.7. The second kappa shape index (κ2) is 7.91. The van der Waals surface area contributed by atoms with E-state index < -0.39 is 14.8 Å². The molecule has 4 rings (SSSR count). The highest BCUT2D eigenvalue weighted by Crippen LogP contribution is 2.36. The highest BCUT2D eigenvalue weighted by molar-refractivity contribution is 7.91. The Kier molecular flexibility index (Phi) is 5.29. The lowest BCUT2D eigenvalue weighted by Gasteiger charge is -2.26. The van der Waals surface area contributed by atoms with Crippen molar-refractivity contribution in [2.75, 3.05) is 18.0 Å². The standard InChI is InChI=1S/C21H21N3O5S/c1-15-5-11-18(12-6-15)30(27,28)20-21(23-13-3-2-4-14-23)29-19(22-20)16-7-9-17(10-8-16)24(25)26/h5-12H,2-4,13-14H2,1H3. The molecule has 0 amide bonds. The lowest BCUT2D eigenvalue weighted by Crippen LogP contribution is -2.30. The first-order valence-corrected chi connectivity index (χ1v) is 11.2. The fourth-order valence-electron chi connectivity index (χ4n) is 3.45. The van der Waals surface area contributed by atoms with Crippen molar-refractivity contribution >= 4 is 21.4 Å². The Morgan fingerprint density at radius 1 is 1.00 bits per heavy atom. The molecule has 0 N–H and O–H groups in total. The molecule has 8 nitrogen and oxygen atoms in total. The molecule has 2 heterocycles. The van der Waals surface area contributed by atoms with Gasteiger partial charge in [0, 0.05) is 30.8 Å². The number of piperidine rings is 1. The molecule has 2 aromatic carbocycles. The maximum Gasteiger partial charge on any atom is 0.269 e. The molecule has 1 fully saturated rings. The average Bonchev–Trinajstić information content (AvgIpc) is 3.21. The maximum atomic E-state index is 13.4. The second-order valence-electron chi connectivity index (χ2n) is 7.30. The van der Waals surface area contributed by atoms with E-state index >= 15 is 0 Å². The van der Waals surface area contributed by atoms with Crippen molar-refractivity contribution in [3.05, 3.63) is 64.2 Å². The fourth-order valence-corrected chi connectivity index (χ4v) is 4.77. The second-order valence-corrected chi connectivity index (χ2v) is 9.16. The van der Waals surface area contributed by atoms with Gasteiger partial charge in [0.25, 0.3) is 5.69 Å². The highest BCUT2D eigenvalue weighted by Gasteiger charge is 2.32. The van der Waals surface area contributed by atoms with Crippen LogP contribution in [0, 0.1) is 17.0 Å². The van der Waals surface area contributed by atoms with E-state index in [4.69, 9.17) is 4.42 Å². The highest BCUT2D eigenvalue weighted by atomic mass is 32.2. The zero-order valence-electron chi connectivity index (χ0n) is 16.4. The van der Waals surface area contributed by atoms with Gasteiger partial charge in [0.15, 0.2) is 0 Å². The smallest absolute Gasteiger partial charge is 0.269 e. The summed E-state index contributed by atoms with van der Waals surface area (Å²) in [6, 6.07) is 12.3. The molecule has 0 unspecified atom stereocenters. The Hall–Kier alpha value is -3.20. The molecule has 3 aromatic rings.